The normalized spacial score (nSPS) is 23.3. The molecule has 0 bridgehead atoms. The molecule has 1 aliphatic heterocycles. The molecule has 5 nitrogen and oxygen atoms in total. The Hall–Kier alpha value is -1.66. The molecule has 154 valence electrons. The lowest BCUT2D eigenvalue weighted by molar-refractivity contribution is -0.117. The molecule has 1 saturated heterocycles. The molecule has 1 aromatic rings. The molecule has 0 unspecified atom stereocenters. The van der Waals surface area contributed by atoms with Crippen LogP contribution in [-0.2, 0) is 4.79 Å². The lowest BCUT2D eigenvalue weighted by atomic mass is 9.86. The van der Waals surface area contributed by atoms with Crippen molar-refractivity contribution in [1.29, 1.82) is 0 Å². The van der Waals surface area contributed by atoms with E-state index in [1.807, 2.05) is 32.0 Å². The number of carbonyl (C=O) groups excluding carboxylic acids is 1. The number of anilines is 1. The van der Waals surface area contributed by atoms with Gasteiger partial charge in [-0.3, -0.25) is 9.69 Å². The molecule has 1 aliphatic carbocycles. The summed E-state index contributed by atoms with van der Waals surface area (Å²) in [6.07, 6.45) is 5.16. The van der Waals surface area contributed by atoms with Crippen LogP contribution in [0.15, 0.2) is 18.2 Å². The van der Waals surface area contributed by atoms with E-state index in [0.29, 0.717) is 18.5 Å². The Balaban J connectivity index is 1.43. The number of thiocarbonyl (C=S) groups is 1. The minimum atomic E-state index is 0.0579. The van der Waals surface area contributed by atoms with Gasteiger partial charge in [0.2, 0.25) is 5.91 Å². The van der Waals surface area contributed by atoms with E-state index >= 15 is 0 Å². The number of carbonyl (C=O) groups is 1. The Bertz CT molecular complexity index is 680. The predicted molar refractivity (Wildman–Crippen MR) is 120 cm³/mol. The summed E-state index contributed by atoms with van der Waals surface area (Å²) >= 11 is 5.67. The highest BCUT2D eigenvalue weighted by Crippen LogP contribution is 2.24. The van der Waals surface area contributed by atoms with Gasteiger partial charge in [0.1, 0.15) is 0 Å². The Morgan fingerprint density at radius 3 is 2.39 bits per heavy atom. The number of amides is 1. The van der Waals surface area contributed by atoms with Gasteiger partial charge < -0.3 is 15.5 Å². The SMILES string of the molecule is Cc1cccc(C)c1NC(=O)CN1CCN(C(=S)N[C@H]2CCCC[C@H]2C)CC1. The largest absolute Gasteiger partial charge is 0.360 e. The van der Waals surface area contributed by atoms with Crippen LogP contribution in [0.2, 0.25) is 0 Å². The van der Waals surface area contributed by atoms with Crippen LogP contribution in [0.4, 0.5) is 5.69 Å². The van der Waals surface area contributed by atoms with Crippen molar-refractivity contribution < 1.29 is 4.79 Å². The average Bonchev–Trinajstić information content (AvgIpc) is 2.67. The summed E-state index contributed by atoms with van der Waals surface area (Å²) in [6.45, 7) is 10.3. The van der Waals surface area contributed by atoms with Crippen molar-refractivity contribution in [2.24, 2.45) is 5.92 Å². The van der Waals surface area contributed by atoms with Crippen molar-refractivity contribution in [2.75, 3.05) is 38.0 Å². The molecule has 0 radical (unpaired) electrons. The zero-order valence-electron chi connectivity index (χ0n) is 17.5. The van der Waals surface area contributed by atoms with E-state index in [1.54, 1.807) is 0 Å². The molecule has 28 heavy (non-hydrogen) atoms. The smallest absolute Gasteiger partial charge is 0.238 e. The van der Waals surface area contributed by atoms with Crippen LogP contribution in [0, 0.1) is 19.8 Å². The third kappa shape index (κ3) is 5.45. The second-order valence-corrected chi connectivity index (χ2v) is 8.78. The molecule has 1 amide bonds. The van der Waals surface area contributed by atoms with Gasteiger partial charge in [0.05, 0.1) is 6.54 Å². The second kappa shape index (κ2) is 9.70. The average molecular weight is 403 g/mol. The molecule has 2 fully saturated rings. The van der Waals surface area contributed by atoms with Crippen LogP contribution in [-0.4, -0.2) is 59.6 Å². The monoisotopic (exact) mass is 402 g/mol. The summed E-state index contributed by atoms with van der Waals surface area (Å²) in [4.78, 5) is 17.0. The number of piperazine rings is 1. The van der Waals surface area contributed by atoms with Gasteiger partial charge in [0, 0.05) is 37.9 Å². The van der Waals surface area contributed by atoms with Crippen molar-refractivity contribution >= 4 is 28.9 Å². The fraction of sp³-hybridized carbons (Fsp3) is 0.636. The lowest BCUT2D eigenvalue weighted by Gasteiger charge is -2.38. The summed E-state index contributed by atoms with van der Waals surface area (Å²) in [6, 6.07) is 6.60. The van der Waals surface area contributed by atoms with E-state index in [9.17, 15) is 4.79 Å². The van der Waals surface area contributed by atoms with Gasteiger partial charge in [-0.15, -0.1) is 0 Å². The van der Waals surface area contributed by atoms with Gasteiger partial charge in [-0.05, 0) is 56.0 Å². The van der Waals surface area contributed by atoms with Crippen LogP contribution >= 0.6 is 12.2 Å². The summed E-state index contributed by atoms with van der Waals surface area (Å²) in [7, 11) is 0. The first-order valence-corrected chi connectivity index (χ1v) is 11.0. The van der Waals surface area contributed by atoms with E-state index in [2.05, 4.69) is 27.4 Å². The van der Waals surface area contributed by atoms with Crippen molar-refractivity contribution in [1.82, 2.24) is 15.1 Å². The van der Waals surface area contributed by atoms with Gasteiger partial charge in [0.25, 0.3) is 0 Å². The summed E-state index contributed by atoms with van der Waals surface area (Å²) < 4.78 is 0. The topological polar surface area (TPSA) is 47.6 Å². The Kier molecular flexibility index (Phi) is 7.30. The van der Waals surface area contributed by atoms with Crippen LogP contribution < -0.4 is 10.6 Å². The van der Waals surface area contributed by atoms with Crippen LogP contribution in [0.5, 0.6) is 0 Å². The van der Waals surface area contributed by atoms with Gasteiger partial charge >= 0.3 is 0 Å². The number of hydrogen-bond donors (Lipinski definition) is 2. The number of nitrogens with zero attached hydrogens (tertiary/aromatic N) is 2. The van der Waals surface area contributed by atoms with E-state index in [0.717, 1.165) is 48.1 Å². The number of para-hydroxylation sites is 1. The standard InChI is InChI=1S/C22H34N4OS/c1-16-7-4-5-10-19(16)23-22(28)26-13-11-25(12-14-26)15-20(27)24-21-17(2)8-6-9-18(21)3/h6,8-9,16,19H,4-5,7,10-15H2,1-3H3,(H,23,28)(H,24,27)/t16-,19+/m1/s1. The molecular formula is C22H34N4OS. The highest BCUT2D eigenvalue weighted by atomic mass is 32.1. The maximum atomic E-state index is 12.5. The van der Waals surface area contributed by atoms with Gasteiger partial charge in [-0.25, -0.2) is 0 Å². The van der Waals surface area contributed by atoms with E-state index in [-0.39, 0.29) is 5.91 Å². The number of nitrogens with one attached hydrogen (secondary N) is 2. The molecule has 6 heteroatoms. The minimum Gasteiger partial charge on any atom is -0.360 e. The first-order valence-electron chi connectivity index (χ1n) is 10.6. The van der Waals surface area contributed by atoms with Crippen molar-refractivity contribution in [3.05, 3.63) is 29.3 Å². The van der Waals surface area contributed by atoms with E-state index < -0.39 is 0 Å². The number of hydrogen-bond acceptors (Lipinski definition) is 3. The highest BCUT2D eigenvalue weighted by Gasteiger charge is 2.25. The zero-order valence-corrected chi connectivity index (χ0v) is 18.3. The molecule has 1 heterocycles. The maximum absolute atomic E-state index is 12.5. The Morgan fingerprint density at radius 2 is 1.75 bits per heavy atom. The second-order valence-electron chi connectivity index (χ2n) is 8.40. The summed E-state index contributed by atoms with van der Waals surface area (Å²) in [5.74, 6) is 0.754. The summed E-state index contributed by atoms with van der Waals surface area (Å²) in [5.41, 5.74) is 3.15. The predicted octanol–water partition coefficient (Wildman–Crippen LogP) is 3.31. The van der Waals surface area contributed by atoms with Crippen molar-refractivity contribution in [2.45, 2.75) is 52.5 Å². The molecular weight excluding hydrogens is 368 g/mol. The third-order valence-electron chi connectivity index (χ3n) is 6.19. The molecule has 1 aromatic carbocycles. The molecule has 2 N–H and O–H groups in total. The van der Waals surface area contributed by atoms with Gasteiger partial charge in [-0.2, -0.15) is 0 Å². The number of aryl methyl sites for hydroxylation is 2. The summed E-state index contributed by atoms with van der Waals surface area (Å²) in [5, 5.41) is 7.57. The molecule has 0 aromatic heterocycles. The molecule has 2 aliphatic rings. The first kappa shape index (κ1) is 21.1. The van der Waals surface area contributed by atoms with Crippen LogP contribution in [0.25, 0.3) is 0 Å². The van der Waals surface area contributed by atoms with Crippen molar-refractivity contribution in [3.8, 4) is 0 Å². The molecule has 1 saturated carbocycles. The van der Waals surface area contributed by atoms with E-state index in [1.165, 1.54) is 25.7 Å². The van der Waals surface area contributed by atoms with Gasteiger partial charge in [0.15, 0.2) is 5.11 Å². The molecule has 0 spiro atoms. The number of benzene rings is 1. The minimum absolute atomic E-state index is 0.0579. The Labute approximate surface area is 174 Å². The maximum Gasteiger partial charge on any atom is 0.238 e. The van der Waals surface area contributed by atoms with Gasteiger partial charge in [-0.1, -0.05) is 38.0 Å². The Morgan fingerprint density at radius 1 is 1.11 bits per heavy atom. The lowest BCUT2D eigenvalue weighted by Crippen LogP contribution is -2.55. The zero-order chi connectivity index (χ0) is 20.1. The third-order valence-corrected chi connectivity index (χ3v) is 6.57. The van der Waals surface area contributed by atoms with Crippen LogP contribution in [0.3, 0.4) is 0 Å². The number of rotatable bonds is 4. The first-order chi connectivity index (χ1) is 13.4. The van der Waals surface area contributed by atoms with E-state index in [4.69, 9.17) is 12.2 Å². The fourth-order valence-corrected chi connectivity index (χ4v) is 4.62. The fourth-order valence-electron chi connectivity index (χ4n) is 4.28. The molecule has 3 rings (SSSR count). The quantitative estimate of drug-likeness (QED) is 0.757. The highest BCUT2D eigenvalue weighted by molar-refractivity contribution is 7.80. The molecule has 2 atom stereocenters. The van der Waals surface area contributed by atoms with Crippen LogP contribution in [0.1, 0.15) is 43.7 Å². The van der Waals surface area contributed by atoms with Crippen molar-refractivity contribution in [3.63, 3.8) is 0 Å².